The highest BCUT2D eigenvalue weighted by atomic mass is 16.6. The molecule has 1 unspecified atom stereocenters. The van der Waals surface area contributed by atoms with Crippen LogP contribution in [0.4, 0.5) is 0 Å². The lowest BCUT2D eigenvalue weighted by Crippen LogP contribution is -2.28. The number of carbonyl (C=O) groups excluding carboxylic acids is 2. The van der Waals surface area contributed by atoms with E-state index in [1.54, 1.807) is 0 Å². The topological polar surface area (TPSA) is 72.8 Å². The second-order valence-electron chi connectivity index (χ2n) is 17.9. The molecule has 5 heteroatoms. The van der Waals surface area contributed by atoms with Gasteiger partial charge in [0.05, 0.1) is 6.61 Å². The van der Waals surface area contributed by atoms with E-state index in [-0.39, 0.29) is 25.2 Å². The van der Waals surface area contributed by atoms with E-state index in [0.29, 0.717) is 12.8 Å². The Hall–Kier alpha value is -1.88. The summed E-state index contributed by atoms with van der Waals surface area (Å²) in [4.78, 5) is 24.3. The van der Waals surface area contributed by atoms with Gasteiger partial charge in [0, 0.05) is 12.8 Å². The fraction of sp³-hybridized carbons (Fsp3) is 0.855. The Morgan fingerprint density at radius 3 is 1.05 bits per heavy atom. The molecule has 0 radical (unpaired) electrons. The highest BCUT2D eigenvalue weighted by molar-refractivity contribution is 5.70. The number of hydrogen-bond donors (Lipinski definition) is 1. The van der Waals surface area contributed by atoms with Crippen molar-refractivity contribution < 1.29 is 24.2 Å². The van der Waals surface area contributed by atoms with Gasteiger partial charge in [-0.3, -0.25) is 9.59 Å². The van der Waals surface area contributed by atoms with E-state index in [0.717, 1.165) is 51.4 Å². The first kappa shape index (κ1) is 58.1. The summed E-state index contributed by atoms with van der Waals surface area (Å²) in [5.41, 5.74) is 0. The van der Waals surface area contributed by atoms with Crippen molar-refractivity contribution in [2.75, 3.05) is 13.2 Å². The minimum absolute atomic E-state index is 0.0663. The lowest BCUT2D eigenvalue weighted by molar-refractivity contribution is -0.161. The number of aliphatic hydroxyl groups excluding tert-OH is 1. The molecule has 0 fully saturated rings. The van der Waals surface area contributed by atoms with Crippen LogP contribution in [0.5, 0.6) is 0 Å². The molecule has 0 aliphatic carbocycles. The zero-order chi connectivity index (χ0) is 43.5. The standard InChI is InChI=1S/C55H102O5/c1-3-5-7-9-11-13-15-16-17-18-19-20-21-22-23-24-25-26-27-28-29-30-31-32-33-34-35-36-37-38-40-42-44-46-48-50-55(58)60-53(51-56)52-59-54(57)49-47-45-43-41-39-14-12-10-8-6-4-2/h10,12,15-16,18-19,53,56H,3-9,11,13-14,17,20-52H2,1-2H3/b12-10-,16-15-,19-18-. The van der Waals surface area contributed by atoms with Crippen LogP contribution in [0.25, 0.3) is 0 Å². The van der Waals surface area contributed by atoms with Crippen molar-refractivity contribution in [1.82, 2.24) is 0 Å². The van der Waals surface area contributed by atoms with Crippen LogP contribution >= 0.6 is 0 Å². The molecule has 60 heavy (non-hydrogen) atoms. The van der Waals surface area contributed by atoms with Gasteiger partial charge in [0.25, 0.3) is 0 Å². The molecule has 0 aromatic heterocycles. The third-order valence-electron chi connectivity index (χ3n) is 11.9. The molecule has 1 N–H and O–H groups in total. The normalized spacial score (nSPS) is 12.4. The van der Waals surface area contributed by atoms with Crippen molar-refractivity contribution in [3.05, 3.63) is 36.5 Å². The molecule has 0 aromatic carbocycles. The molecule has 0 aromatic rings. The van der Waals surface area contributed by atoms with Crippen molar-refractivity contribution in [1.29, 1.82) is 0 Å². The maximum absolute atomic E-state index is 12.2. The van der Waals surface area contributed by atoms with Crippen LogP contribution in [-0.4, -0.2) is 36.4 Å². The Labute approximate surface area is 374 Å². The van der Waals surface area contributed by atoms with Crippen LogP contribution in [0.2, 0.25) is 0 Å². The number of hydrogen-bond acceptors (Lipinski definition) is 5. The van der Waals surface area contributed by atoms with Crippen molar-refractivity contribution in [3.63, 3.8) is 0 Å². The summed E-state index contributed by atoms with van der Waals surface area (Å²) in [6.45, 7) is 4.10. The minimum atomic E-state index is -0.771. The van der Waals surface area contributed by atoms with Crippen LogP contribution in [0, 0.1) is 0 Å². The quantitative estimate of drug-likeness (QED) is 0.0375. The summed E-state index contributed by atoms with van der Waals surface area (Å²) < 4.78 is 10.6. The molecule has 0 aliphatic rings. The highest BCUT2D eigenvalue weighted by Crippen LogP contribution is 2.17. The molecule has 0 saturated carbocycles. The SMILES string of the molecule is CCCC/C=C\CCCCCCCC(=O)OCC(CO)OC(=O)CCCCCCCCCCCCCCCCCCCCCCCCC/C=C\C/C=C\CCCCCCC. The third-order valence-corrected chi connectivity index (χ3v) is 11.9. The Bertz CT molecular complexity index is 955. The fourth-order valence-corrected chi connectivity index (χ4v) is 7.86. The third kappa shape index (κ3) is 48.8. The van der Waals surface area contributed by atoms with Crippen LogP contribution in [-0.2, 0) is 19.1 Å². The number of allylic oxidation sites excluding steroid dienone is 6. The summed E-state index contributed by atoms with van der Waals surface area (Å²) in [7, 11) is 0. The molecule has 0 saturated heterocycles. The molecule has 0 amide bonds. The van der Waals surface area contributed by atoms with E-state index >= 15 is 0 Å². The molecular formula is C55H102O5. The second kappa shape index (κ2) is 51.5. The van der Waals surface area contributed by atoms with Crippen molar-refractivity contribution >= 4 is 11.9 Å². The van der Waals surface area contributed by atoms with Crippen LogP contribution < -0.4 is 0 Å². The molecule has 1 atom stereocenters. The first-order chi connectivity index (χ1) is 29.6. The fourth-order valence-electron chi connectivity index (χ4n) is 7.86. The molecule has 0 rings (SSSR count). The number of carbonyl (C=O) groups is 2. The van der Waals surface area contributed by atoms with Gasteiger partial charge >= 0.3 is 11.9 Å². The molecule has 0 heterocycles. The minimum Gasteiger partial charge on any atom is -0.462 e. The predicted octanol–water partition coefficient (Wildman–Crippen LogP) is 17.5. The Balaban J connectivity index is 3.37. The summed E-state index contributed by atoms with van der Waals surface area (Å²) in [5, 5.41) is 9.59. The highest BCUT2D eigenvalue weighted by Gasteiger charge is 2.16. The maximum Gasteiger partial charge on any atom is 0.306 e. The van der Waals surface area contributed by atoms with E-state index in [1.165, 1.54) is 205 Å². The Morgan fingerprint density at radius 2 is 0.683 bits per heavy atom. The van der Waals surface area contributed by atoms with Crippen LogP contribution in [0.15, 0.2) is 36.5 Å². The van der Waals surface area contributed by atoms with Crippen molar-refractivity contribution in [3.8, 4) is 0 Å². The van der Waals surface area contributed by atoms with E-state index in [2.05, 4.69) is 50.3 Å². The van der Waals surface area contributed by atoms with E-state index in [9.17, 15) is 14.7 Å². The molecule has 0 bridgehead atoms. The lowest BCUT2D eigenvalue weighted by Gasteiger charge is -2.15. The Morgan fingerprint density at radius 1 is 0.383 bits per heavy atom. The van der Waals surface area contributed by atoms with E-state index in [4.69, 9.17) is 9.47 Å². The maximum atomic E-state index is 12.2. The van der Waals surface area contributed by atoms with Gasteiger partial charge in [0.1, 0.15) is 6.61 Å². The van der Waals surface area contributed by atoms with Gasteiger partial charge in [0.2, 0.25) is 0 Å². The number of aliphatic hydroxyl groups is 1. The summed E-state index contributed by atoms with van der Waals surface area (Å²) >= 11 is 0. The van der Waals surface area contributed by atoms with Crippen LogP contribution in [0.3, 0.4) is 0 Å². The van der Waals surface area contributed by atoms with Gasteiger partial charge in [-0.05, 0) is 64.2 Å². The molecule has 5 nitrogen and oxygen atoms in total. The number of esters is 2. The predicted molar refractivity (Wildman–Crippen MR) is 261 cm³/mol. The average Bonchev–Trinajstić information content (AvgIpc) is 3.25. The number of rotatable bonds is 49. The van der Waals surface area contributed by atoms with Crippen LogP contribution in [0.1, 0.15) is 284 Å². The number of unbranched alkanes of at least 4 members (excludes halogenated alkanes) is 35. The van der Waals surface area contributed by atoms with Gasteiger partial charge in [-0.1, -0.05) is 243 Å². The van der Waals surface area contributed by atoms with Crippen molar-refractivity contribution in [2.24, 2.45) is 0 Å². The Kier molecular flexibility index (Phi) is 49.9. The zero-order valence-corrected chi connectivity index (χ0v) is 40.2. The first-order valence-electron chi connectivity index (χ1n) is 26.5. The number of ether oxygens (including phenoxy) is 2. The largest absolute Gasteiger partial charge is 0.462 e. The lowest BCUT2D eigenvalue weighted by atomic mass is 10.0. The molecule has 352 valence electrons. The molecular weight excluding hydrogens is 741 g/mol. The second-order valence-corrected chi connectivity index (χ2v) is 17.9. The molecule has 0 aliphatic heterocycles. The van der Waals surface area contributed by atoms with Crippen molar-refractivity contribution in [2.45, 2.75) is 290 Å². The monoisotopic (exact) mass is 843 g/mol. The zero-order valence-electron chi connectivity index (χ0n) is 40.2. The van der Waals surface area contributed by atoms with Gasteiger partial charge in [-0.2, -0.15) is 0 Å². The summed E-state index contributed by atoms with van der Waals surface area (Å²) in [6, 6.07) is 0. The first-order valence-corrected chi connectivity index (χ1v) is 26.5. The van der Waals surface area contributed by atoms with E-state index in [1.807, 2.05) is 0 Å². The smallest absolute Gasteiger partial charge is 0.306 e. The average molecular weight is 843 g/mol. The van der Waals surface area contributed by atoms with E-state index < -0.39 is 6.10 Å². The summed E-state index contributed by atoms with van der Waals surface area (Å²) in [5.74, 6) is -0.591. The van der Waals surface area contributed by atoms with Gasteiger partial charge in [-0.25, -0.2) is 0 Å². The summed E-state index contributed by atoms with van der Waals surface area (Å²) in [6.07, 6.45) is 65.6. The van der Waals surface area contributed by atoms with Gasteiger partial charge in [0.15, 0.2) is 6.10 Å². The van der Waals surface area contributed by atoms with Gasteiger partial charge in [-0.15, -0.1) is 0 Å². The van der Waals surface area contributed by atoms with Gasteiger partial charge < -0.3 is 14.6 Å². The molecule has 0 spiro atoms.